The molecule has 0 saturated carbocycles. The fourth-order valence-corrected chi connectivity index (χ4v) is 3.97. The molecule has 0 atom stereocenters. The van der Waals surface area contributed by atoms with E-state index in [1.54, 1.807) is 6.20 Å². The molecule has 4 aromatic carbocycles. The Morgan fingerprint density at radius 1 is 0.515 bits per heavy atom. The van der Waals surface area contributed by atoms with Crippen molar-refractivity contribution in [2.45, 2.75) is 26.2 Å². The lowest BCUT2D eigenvalue weighted by molar-refractivity contribution is 0.585. The molecule has 0 spiro atoms. The van der Waals surface area contributed by atoms with E-state index in [1.807, 2.05) is 6.07 Å². The fourth-order valence-electron chi connectivity index (χ4n) is 3.97. The highest BCUT2D eigenvalue weighted by Crippen LogP contribution is 2.31. The first-order valence-electron chi connectivity index (χ1n) is 11.3. The molecular weight excluding hydrogens is 402 g/mol. The molecule has 5 aromatic rings. The van der Waals surface area contributed by atoms with Gasteiger partial charge in [0.25, 0.3) is 0 Å². The SMILES string of the molecule is CC(C)(C)c1ccc(-c2cnc(-c3ccc(-c4ccc(-c5ccccc5)cc4)cc3)o2)cc1. The summed E-state index contributed by atoms with van der Waals surface area (Å²) in [6.07, 6.45) is 1.80. The van der Waals surface area contributed by atoms with Gasteiger partial charge in [0.1, 0.15) is 0 Å². The average molecular weight is 430 g/mol. The monoisotopic (exact) mass is 429 g/mol. The Balaban J connectivity index is 1.34. The van der Waals surface area contributed by atoms with Crippen LogP contribution < -0.4 is 0 Å². The van der Waals surface area contributed by atoms with Crippen LogP contribution in [0.25, 0.3) is 45.0 Å². The Hall–Kier alpha value is -3.91. The van der Waals surface area contributed by atoms with Crippen molar-refractivity contribution in [3.05, 3.63) is 115 Å². The minimum absolute atomic E-state index is 0.134. The lowest BCUT2D eigenvalue weighted by Gasteiger charge is -2.18. The third-order valence-corrected chi connectivity index (χ3v) is 6.00. The lowest BCUT2D eigenvalue weighted by Crippen LogP contribution is -2.10. The van der Waals surface area contributed by atoms with Crippen molar-refractivity contribution in [3.8, 4) is 45.0 Å². The van der Waals surface area contributed by atoms with E-state index in [0.717, 1.165) is 16.9 Å². The van der Waals surface area contributed by atoms with Crippen LogP contribution in [0.5, 0.6) is 0 Å². The lowest BCUT2D eigenvalue weighted by atomic mass is 9.86. The molecule has 0 aliphatic carbocycles. The minimum atomic E-state index is 0.134. The maximum atomic E-state index is 6.08. The van der Waals surface area contributed by atoms with Gasteiger partial charge in [-0.2, -0.15) is 0 Å². The summed E-state index contributed by atoms with van der Waals surface area (Å²) in [6, 6.07) is 36.0. The van der Waals surface area contributed by atoms with Crippen molar-refractivity contribution < 1.29 is 4.42 Å². The quantitative estimate of drug-likeness (QED) is 0.286. The molecule has 162 valence electrons. The number of hydrogen-bond acceptors (Lipinski definition) is 2. The second kappa shape index (κ2) is 8.55. The molecule has 0 fully saturated rings. The molecule has 2 nitrogen and oxygen atoms in total. The zero-order chi connectivity index (χ0) is 22.8. The summed E-state index contributed by atoms with van der Waals surface area (Å²) < 4.78 is 6.08. The van der Waals surface area contributed by atoms with Crippen LogP contribution in [-0.4, -0.2) is 4.98 Å². The number of rotatable bonds is 4. The molecule has 0 N–H and O–H groups in total. The highest BCUT2D eigenvalue weighted by molar-refractivity contribution is 5.72. The third kappa shape index (κ3) is 4.51. The first-order chi connectivity index (χ1) is 16.0. The average Bonchev–Trinajstić information content (AvgIpc) is 3.35. The van der Waals surface area contributed by atoms with Gasteiger partial charge in [-0.05, 0) is 45.4 Å². The summed E-state index contributed by atoms with van der Waals surface area (Å²) in [5.74, 6) is 1.42. The van der Waals surface area contributed by atoms with Crippen LogP contribution in [0.1, 0.15) is 26.3 Å². The molecule has 1 aromatic heterocycles. The zero-order valence-corrected chi connectivity index (χ0v) is 19.2. The minimum Gasteiger partial charge on any atom is -0.436 e. The number of oxazole rings is 1. The predicted molar refractivity (Wildman–Crippen MR) is 137 cm³/mol. The van der Waals surface area contributed by atoms with Gasteiger partial charge >= 0.3 is 0 Å². The summed E-state index contributed by atoms with van der Waals surface area (Å²) >= 11 is 0. The molecule has 33 heavy (non-hydrogen) atoms. The Kier molecular flexibility index (Phi) is 5.43. The van der Waals surface area contributed by atoms with Gasteiger partial charge in [-0.25, -0.2) is 4.98 Å². The standard InChI is InChI=1S/C31H27NO/c1-31(2,3)28-19-17-26(18-20-28)29-21-32-30(33-29)27-15-13-25(14-16-27)24-11-9-23(10-12-24)22-7-5-4-6-8-22/h4-21H,1-3H3. The predicted octanol–water partition coefficient (Wildman–Crippen LogP) is 8.64. The highest BCUT2D eigenvalue weighted by Gasteiger charge is 2.14. The number of benzene rings is 4. The molecule has 0 unspecified atom stereocenters. The fraction of sp³-hybridized carbons (Fsp3) is 0.129. The maximum Gasteiger partial charge on any atom is 0.226 e. The Morgan fingerprint density at radius 2 is 0.970 bits per heavy atom. The normalized spacial score (nSPS) is 11.5. The number of nitrogens with zero attached hydrogens (tertiary/aromatic N) is 1. The van der Waals surface area contributed by atoms with E-state index < -0.39 is 0 Å². The second-order valence-electron chi connectivity index (χ2n) is 9.38. The molecular formula is C31H27NO. The smallest absolute Gasteiger partial charge is 0.226 e. The van der Waals surface area contributed by atoms with Gasteiger partial charge in [-0.3, -0.25) is 0 Å². The van der Waals surface area contributed by atoms with Crippen molar-refractivity contribution in [3.63, 3.8) is 0 Å². The molecule has 0 radical (unpaired) electrons. The van der Waals surface area contributed by atoms with Crippen LogP contribution in [0.3, 0.4) is 0 Å². The van der Waals surface area contributed by atoms with Gasteiger partial charge in [0.15, 0.2) is 5.76 Å². The topological polar surface area (TPSA) is 26.0 Å². The highest BCUT2D eigenvalue weighted by atomic mass is 16.4. The summed E-state index contributed by atoms with van der Waals surface area (Å²) in [5, 5.41) is 0. The van der Waals surface area contributed by atoms with Gasteiger partial charge < -0.3 is 4.42 Å². The summed E-state index contributed by atoms with van der Waals surface area (Å²) in [6.45, 7) is 6.65. The Labute approximate surface area is 195 Å². The summed E-state index contributed by atoms with van der Waals surface area (Å²) in [7, 11) is 0. The van der Waals surface area contributed by atoms with Crippen molar-refractivity contribution in [2.75, 3.05) is 0 Å². The van der Waals surface area contributed by atoms with Gasteiger partial charge in [-0.15, -0.1) is 0 Å². The van der Waals surface area contributed by atoms with Gasteiger partial charge in [0, 0.05) is 11.1 Å². The third-order valence-electron chi connectivity index (χ3n) is 6.00. The summed E-state index contributed by atoms with van der Waals surface area (Å²) in [4.78, 5) is 4.51. The first-order valence-corrected chi connectivity index (χ1v) is 11.3. The molecule has 0 amide bonds. The van der Waals surface area contributed by atoms with Gasteiger partial charge in [0.2, 0.25) is 5.89 Å². The van der Waals surface area contributed by atoms with Crippen LogP contribution in [0.15, 0.2) is 114 Å². The zero-order valence-electron chi connectivity index (χ0n) is 19.2. The van der Waals surface area contributed by atoms with E-state index in [0.29, 0.717) is 5.89 Å². The van der Waals surface area contributed by atoms with Crippen LogP contribution in [0.2, 0.25) is 0 Å². The van der Waals surface area contributed by atoms with Crippen molar-refractivity contribution in [1.29, 1.82) is 0 Å². The van der Waals surface area contributed by atoms with Crippen molar-refractivity contribution in [1.82, 2.24) is 4.98 Å². The Morgan fingerprint density at radius 3 is 1.48 bits per heavy atom. The van der Waals surface area contributed by atoms with Gasteiger partial charge in [0.05, 0.1) is 6.20 Å². The van der Waals surface area contributed by atoms with E-state index in [1.165, 1.54) is 27.8 Å². The van der Waals surface area contributed by atoms with Crippen LogP contribution in [-0.2, 0) is 5.41 Å². The number of aromatic nitrogens is 1. The maximum absolute atomic E-state index is 6.08. The second-order valence-corrected chi connectivity index (χ2v) is 9.38. The first kappa shape index (κ1) is 21.0. The van der Waals surface area contributed by atoms with E-state index in [-0.39, 0.29) is 5.41 Å². The largest absolute Gasteiger partial charge is 0.436 e. The molecule has 0 aliphatic heterocycles. The van der Waals surface area contributed by atoms with Gasteiger partial charge in [-0.1, -0.05) is 112 Å². The number of hydrogen-bond donors (Lipinski definition) is 0. The van der Waals surface area contributed by atoms with Crippen LogP contribution >= 0.6 is 0 Å². The molecule has 0 bridgehead atoms. The van der Waals surface area contributed by atoms with Crippen molar-refractivity contribution in [2.24, 2.45) is 0 Å². The van der Waals surface area contributed by atoms with E-state index >= 15 is 0 Å². The van der Waals surface area contributed by atoms with Crippen LogP contribution in [0.4, 0.5) is 0 Å². The molecule has 2 heteroatoms. The Bertz CT molecular complexity index is 1340. The van der Waals surface area contributed by atoms with E-state index in [2.05, 4.69) is 123 Å². The molecule has 0 aliphatic rings. The van der Waals surface area contributed by atoms with Crippen LogP contribution in [0, 0.1) is 0 Å². The summed E-state index contributed by atoms with van der Waals surface area (Å²) in [5.41, 5.74) is 8.25. The van der Waals surface area contributed by atoms with E-state index in [4.69, 9.17) is 4.42 Å². The van der Waals surface area contributed by atoms with Crippen molar-refractivity contribution >= 4 is 0 Å². The molecule has 0 saturated heterocycles. The molecule has 5 rings (SSSR count). The van der Waals surface area contributed by atoms with E-state index in [9.17, 15) is 0 Å². The molecule has 1 heterocycles.